The third-order valence-corrected chi connectivity index (χ3v) is 2.39. The molecule has 0 spiro atoms. The molecule has 3 nitrogen and oxygen atoms in total. The normalized spacial score (nSPS) is 11.2. The van der Waals surface area contributed by atoms with E-state index in [1.165, 1.54) is 0 Å². The van der Waals surface area contributed by atoms with Crippen molar-refractivity contribution in [1.29, 1.82) is 0 Å². The van der Waals surface area contributed by atoms with Crippen LogP contribution < -0.4 is 5.32 Å². The molecule has 0 bridgehead atoms. The molecule has 0 radical (unpaired) electrons. The lowest BCUT2D eigenvalue weighted by atomic mass is 10.2. The van der Waals surface area contributed by atoms with Gasteiger partial charge in [-0.05, 0) is 48.8 Å². The van der Waals surface area contributed by atoms with Gasteiger partial charge in [-0.3, -0.25) is 5.32 Å². The van der Waals surface area contributed by atoms with E-state index in [1.807, 2.05) is 0 Å². The molecule has 1 N–H and O–H groups in total. The second-order valence-corrected chi connectivity index (χ2v) is 5.17. The quantitative estimate of drug-likeness (QED) is 0.794. The number of carbonyl (C=O) groups excluding carboxylic acids is 1. The fourth-order valence-electron chi connectivity index (χ4n) is 1.05. The molecule has 0 saturated heterocycles. The molecule has 94 valence electrons. The van der Waals surface area contributed by atoms with Crippen LogP contribution in [-0.2, 0) is 4.74 Å². The SMILES string of the molecule is CC(C)(C)OC(=O)Nc1cc(F)c(Br)c(F)c1. The van der Waals surface area contributed by atoms with Crippen molar-refractivity contribution in [2.24, 2.45) is 0 Å². The molecule has 0 heterocycles. The minimum absolute atomic E-state index is 0.00236. The van der Waals surface area contributed by atoms with Gasteiger partial charge in [-0.2, -0.15) is 0 Å². The Morgan fingerprint density at radius 2 is 1.76 bits per heavy atom. The predicted octanol–water partition coefficient (Wildman–Crippen LogP) is 4.07. The molecule has 6 heteroatoms. The van der Waals surface area contributed by atoms with Crippen LogP contribution in [0.3, 0.4) is 0 Å². The zero-order chi connectivity index (χ0) is 13.2. The smallest absolute Gasteiger partial charge is 0.412 e. The third-order valence-electron chi connectivity index (χ3n) is 1.63. The van der Waals surface area contributed by atoms with E-state index in [-0.39, 0.29) is 10.2 Å². The Hall–Kier alpha value is -1.17. The van der Waals surface area contributed by atoms with Crippen LogP contribution in [0.5, 0.6) is 0 Å². The van der Waals surface area contributed by atoms with Crippen LogP contribution in [0.2, 0.25) is 0 Å². The van der Waals surface area contributed by atoms with Gasteiger partial charge in [0.05, 0.1) is 4.47 Å². The predicted molar refractivity (Wildman–Crippen MR) is 63.9 cm³/mol. The summed E-state index contributed by atoms with van der Waals surface area (Å²) in [4.78, 5) is 11.3. The van der Waals surface area contributed by atoms with Gasteiger partial charge < -0.3 is 4.74 Å². The number of ether oxygens (including phenoxy) is 1. The lowest BCUT2D eigenvalue weighted by Crippen LogP contribution is -2.27. The fraction of sp³-hybridized carbons (Fsp3) is 0.364. The number of hydrogen-bond donors (Lipinski definition) is 1. The molecule has 1 amide bonds. The summed E-state index contributed by atoms with van der Waals surface area (Å²) in [5.41, 5.74) is -0.672. The fourth-order valence-corrected chi connectivity index (χ4v) is 1.28. The molecule has 1 rings (SSSR count). The molecule has 0 aliphatic rings. The standard InChI is InChI=1S/C11H12BrF2NO2/c1-11(2,3)17-10(16)15-6-4-7(13)9(12)8(14)5-6/h4-5H,1-3H3,(H,15,16). The molecule has 0 atom stereocenters. The number of nitrogens with one attached hydrogen (secondary N) is 1. The average Bonchev–Trinajstić information content (AvgIpc) is 2.10. The van der Waals surface area contributed by atoms with Crippen molar-refractivity contribution in [3.05, 3.63) is 28.2 Å². The minimum atomic E-state index is -0.795. The van der Waals surface area contributed by atoms with Crippen LogP contribution in [-0.4, -0.2) is 11.7 Å². The van der Waals surface area contributed by atoms with Crippen molar-refractivity contribution in [1.82, 2.24) is 0 Å². The Balaban J connectivity index is 2.79. The highest BCUT2D eigenvalue weighted by Crippen LogP contribution is 2.24. The molecule has 0 aliphatic carbocycles. The first-order valence-electron chi connectivity index (χ1n) is 4.83. The highest BCUT2D eigenvalue weighted by atomic mass is 79.9. The molecule has 0 unspecified atom stereocenters. The number of amides is 1. The summed E-state index contributed by atoms with van der Waals surface area (Å²) in [7, 11) is 0. The number of hydrogen-bond acceptors (Lipinski definition) is 2. The van der Waals surface area contributed by atoms with Crippen LogP contribution in [0.15, 0.2) is 16.6 Å². The average molecular weight is 308 g/mol. The van der Waals surface area contributed by atoms with Crippen molar-refractivity contribution >= 4 is 27.7 Å². The number of halogens is 3. The second-order valence-electron chi connectivity index (χ2n) is 4.38. The Morgan fingerprint density at radius 3 is 2.18 bits per heavy atom. The van der Waals surface area contributed by atoms with Crippen molar-refractivity contribution < 1.29 is 18.3 Å². The van der Waals surface area contributed by atoms with E-state index in [4.69, 9.17) is 4.74 Å². The highest BCUT2D eigenvalue weighted by molar-refractivity contribution is 9.10. The number of anilines is 1. The Kier molecular flexibility index (Phi) is 4.08. The van der Waals surface area contributed by atoms with Crippen LogP contribution >= 0.6 is 15.9 Å². The molecule has 0 saturated carbocycles. The Morgan fingerprint density at radius 1 is 1.29 bits per heavy atom. The Bertz CT molecular complexity index is 421. The second kappa shape index (κ2) is 5.00. The number of rotatable bonds is 1. The van der Waals surface area contributed by atoms with Crippen LogP contribution in [0.4, 0.5) is 19.3 Å². The van der Waals surface area contributed by atoms with Gasteiger partial charge in [-0.25, -0.2) is 13.6 Å². The number of carbonyl (C=O) groups is 1. The van der Waals surface area contributed by atoms with Crippen LogP contribution in [0.25, 0.3) is 0 Å². The van der Waals surface area contributed by atoms with Crippen LogP contribution in [0.1, 0.15) is 20.8 Å². The number of benzene rings is 1. The largest absolute Gasteiger partial charge is 0.444 e. The van der Waals surface area contributed by atoms with Gasteiger partial charge in [0.15, 0.2) is 0 Å². The first kappa shape index (κ1) is 13.9. The van der Waals surface area contributed by atoms with Crippen LogP contribution in [0, 0.1) is 11.6 Å². The van der Waals surface area contributed by atoms with E-state index in [0.717, 1.165) is 12.1 Å². The van der Waals surface area contributed by atoms with E-state index >= 15 is 0 Å². The van der Waals surface area contributed by atoms with E-state index in [1.54, 1.807) is 20.8 Å². The molecular formula is C11H12BrF2NO2. The third kappa shape index (κ3) is 4.30. The highest BCUT2D eigenvalue weighted by Gasteiger charge is 2.17. The van der Waals surface area contributed by atoms with Crippen molar-refractivity contribution in [3.8, 4) is 0 Å². The molecule has 17 heavy (non-hydrogen) atoms. The summed E-state index contributed by atoms with van der Waals surface area (Å²) < 4.78 is 31.0. The van der Waals surface area contributed by atoms with Gasteiger partial charge in [0, 0.05) is 5.69 Å². The summed E-state index contributed by atoms with van der Waals surface area (Å²) in [6.07, 6.45) is -0.765. The van der Waals surface area contributed by atoms with E-state index < -0.39 is 23.3 Å². The van der Waals surface area contributed by atoms with Crippen molar-refractivity contribution in [2.45, 2.75) is 26.4 Å². The monoisotopic (exact) mass is 307 g/mol. The first-order valence-corrected chi connectivity index (χ1v) is 5.63. The van der Waals surface area contributed by atoms with Gasteiger partial charge >= 0.3 is 6.09 Å². The molecular weight excluding hydrogens is 296 g/mol. The van der Waals surface area contributed by atoms with E-state index in [0.29, 0.717) is 0 Å². The van der Waals surface area contributed by atoms with Gasteiger partial charge in [-0.15, -0.1) is 0 Å². The van der Waals surface area contributed by atoms with Crippen molar-refractivity contribution in [2.75, 3.05) is 5.32 Å². The van der Waals surface area contributed by atoms with Gasteiger partial charge in [0.2, 0.25) is 0 Å². The maximum absolute atomic E-state index is 13.1. The van der Waals surface area contributed by atoms with Gasteiger partial charge in [0.1, 0.15) is 17.2 Å². The maximum atomic E-state index is 13.1. The zero-order valence-corrected chi connectivity index (χ0v) is 11.2. The molecule has 1 aromatic rings. The van der Waals surface area contributed by atoms with Crippen molar-refractivity contribution in [3.63, 3.8) is 0 Å². The lowest BCUT2D eigenvalue weighted by Gasteiger charge is -2.19. The zero-order valence-electron chi connectivity index (χ0n) is 9.61. The van der Waals surface area contributed by atoms with Gasteiger partial charge in [-0.1, -0.05) is 0 Å². The summed E-state index contributed by atoms with van der Waals surface area (Å²) >= 11 is 2.73. The molecule has 1 aromatic carbocycles. The summed E-state index contributed by atoms with van der Waals surface area (Å²) in [6, 6.07) is 1.99. The molecule has 0 aromatic heterocycles. The van der Waals surface area contributed by atoms with Gasteiger partial charge in [0.25, 0.3) is 0 Å². The minimum Gasteiger partial charge on any atom is -0.444 e. The Labute approximate surface area is 106 Å². The van der Waals surface area contributed by atoms with E-state index in [2.05, 4.69) is 21.2 Å². The maximum Gasteiger partial charge on any atom is 0.412 e. The summed E-state index contributed by atoms with van der Waals surface area (Å²) in [5, 5.41) is 2.25. The summed E-state index contributed by atoms with van der Waals surface area (Å²) in [6.45, 7) is 5.07. The molecule has 0 aliphatic heterocycles. The molecule has 0 fully saturated rings. The lowest BCUT2D eigenvalue weighted by molar-refractivity contribution is 0.0636. The first-order chi connectivity index (χ1) is 7.69. The summed E-state index contributed by atoms with van der Waals surface area (Å²) in [5.74, 6) is -1.59. The van der Waals surface area contributed by atoms with E-state index in [9.17, 15) is 13.6 Å². The topological polar surface area (TPSA) is 38.3 Å².